The smallest absolute Gasteiger partial charge is 0.338 e. The summed E-state index contributed by atoms with van der Waals surface area (Å²) in [6.07, 6.45) is -0.980. The van der Waals surface area contributed by atoms with Gasteiger partial charge in [-0.2, -0.15) is 0 Å². The third-order valence-electron chi connectivity index (χ3n) is 3.72. The normalized spacial score (nSPS) is 11.4. The molecule has 0 saturated carbocycles. The van der Waals surface area contributed by atoms with Crippen molar-refractivity contribution in [1.82, 2.24) is 5.32 Å². The number of ether oxygens (including phenoxy) is 3. The van der Waals surface area contributed by atoms with Crippen molar-refractivity contribution in [3.8, 4) is 11.5 Å². The Kier molecular flexibility index (Phi) is 7.33. The van der Waals surface area contributed by atoms with E-state index in [0.717, 1.165) is 5.56 Å². The predicted molar refractivity (Wildman–Crippen MR) is 103 cm³/mol. The van der Waals surface area contributed by atoms with Crippen LogP contribution in [0.5, 0.6) is 11.5 Å². The van der Waals surface area contributed by atoms with E-state index in [2.05, 4.69) is 5.32 Å². The Morgan fingerprint density at radius 2 is 1.70 bits per heavy atom. The van der Waals surface area contributed by atoms with Gasteiger partial charge in [-0.05, 0) is 42.8 Å². The lowest BCUT2D eigenvalue weighted by Crippen LogP contribution is -2.35. The van der Waals surface area contributed by atoms with Gasteiger partial charge in [-0.25, -0.2) is 4.79 Å². The van der Waals surface area contributed by atoms with Crippen LogP contribution < -0.4 is 14.8 Å². The zero-order valence-corrected chi connectivity index (χ0v) is 16.6. The van der Waals surface area contributed by atoms with E-state index < -0.39 is 18.0 Å². The zero-order valence-electron chi connectivity index (χ0n) is 15.0. The van der Waals surface area contributed by atoms with Crippen LogP contribution in [0.1, 0.15) is 22.8 Å². The number of halogens is 2. The van der Waals surface area contributed by atoms with Gasteiger partial charge in [-0.3, -0.25) is 4.79 Å². The molecule has 0 spiro atoms. The van der Waals surface area contributed by atoms with Crippen LogP contribution in [0.4, 0.5) is 0 Å². The van der Waals surface area contributed by atoms with Crippen molar-refractivity contribution in [2.75, 3.05) is 14.2 Å². The molecule has 0 bridgehead atoms. The Labute approximate surface area is 167 Å². The second-order valence-electron chi connectivity index (χ2n) is 5.58. The number of hydrogen-bond acceptors (Lipinski definition) is 5. The maximum absolute atomic E-state index is 12.2. The second-order valence-corrected chi connectivity index (χ2v) is 6.40. The number of methoxy groups -OCH3 is 2. The summed E-state index contributed by atoms with van der Waals surface area (Å²) in [7, 11) is 3.08. The van der Waals surface area contributed by atoms with Crippen LogP contribution in [0.25, 0.3) is 0 Å². The molecule has 0 aliphatic heterocycles. The Morgan fingerprint density at radius 3 is 2.33 bits per heavy atom. The molecule has 0 unspecified atom stereocenters. The molecule has 1 atom stereocenters. The van der Waals surface area contributed by atoms with E-state index in [1.807, 2.05) is 0 Å². The molecule has 1 N–H and O–H groups in total. The highest BCUT2D eigenvalue weighted by Gasteiger charge is 2.19. The Hall–Kier alpha value is -2.44. The van der Waals surface area contributed by atoms with E-state index >= 15 is 0 Å². The van der Waals surface area contributed by atoms with E-state index in [-0.39, 0.29) is 17.1 Å². The topological polar surface area (TPSA) is 73.9 Å². The highest BCUT2D eigenvalue weighted by Crippen LogP contribution is 2.27. The van der Waals surface area contributed by atoms with Gasteiger partial charge in [0.25, 0.3) is 5.91 Å². The van der Waals surface area contributed by atoms with Crippen molar-refractivity contribution in [2.24, 2.45) is 0 Å². The quantitative estimate of drug-likeness (QED) is 0.699. The van der Waals surface area contributed by atoms with Gasteiger partial charge in [0.1, 0.15) is 0 Å². The van der Waals surface area contributed by atoms with E-state index in [9.17, 15) is 9.59 Å². The Bertz CT molecular complexity index is 841. The van der Waals surface area contributed by atoms with Crippen LogP contribution in [0, 0.1) is 0 Å². The molecule has 0 aliphatic carbocycles. The van der Waals surface area contributed by atoms with Crippen LogP contribution >= 0.6 is 23.2 Å². The highest BCUT2D eigenvalue weighted by molar-refractivity contribution is 6.42. The number of nitrogens with one attached hydrogen (secondary N) is 1. The van der Waals surface area contributed by atoms with Crippen molar-refractivity contribution in [1.29, 1.82) is 0 Å². The van der Waals surface area contributed by atoms with E-state index in [0.29, 0.717) is 16.5 Å². The summed E-state index contributed by atoms with van der Waals surface area (Å²) in [6.45, 7) is 1.73. The first-order valence-corrected chi connectivity index (χ1v) is 8.76. The first-order chi connectivity index (χ1) is 12.8. The number of amides is 1. The first-order valence-electron chi connectivity index (χ1n) is 8.00. The van der Waals surface area contributed by atoms with Crippen molar-refractivity contribution in [3.63, 3.8) is 0 Å². The molecule has 0 radical (unpaired) electrons. The van der Waals surface area contributed by atoms with Crippen LogP contribution in [0.15, 0.2) is 36.4 Å². The number of benzene rings is 2. The molecule has 0 fully saturated rings. The SMILES string of the molecule is COc1ccc(CNC(=O)[C@@H](C)OC(=O)c2ccc(Cl)c(Cl)c2)cc1OC. The predicted octanol–water partition coefficient (Wildman–Crippen LogP) is 3.87. The molecule has 6 nitrogen and oxygen atoms in total. The lowest BCUT2D eigenvalue weighted by molar-refractivity contribution is -0.129. The largest absolute Gasteiger partial charge is 0.493 e. The summed E-state index contributed by atoms with van der Waals surface area (Å²) in [5.74, 6) is 0.0559. The van der Waals surface area contributed by atoms with Crippen LogP contribution in [-0.4, -0.2) is 32.2 Å². The molecular formula is C19H19Cl2NO5. The fourth-order valence-electron chi connectivity index (χ4n) is 2.23. The maximum atomic E-state index is 12.2. The van der Waals surface area contributed by atoms with Gasteiger partial charge in [0.2, 0.25) is 0 Å². The van der Waals surface area contributed by atoms with Gasteiger partial charge in [0, 0.05) is 6.54 Å². The Morgan fingerprint density at radius 1 is 1.00 bits per heavy atom. The molecule has 8 heteroatoms. The number of esters is 1. The lowest BCUT2D eigenvalue weighted by atomic mass is 10.2. The van der Waals surface area contributed by atoms with Crippen LogP contribution in [-0.2, 0) is 16.1 Å². The molecule has 0 saturated heterocycles. The van der Waals surface area contributed by atoms with E-state index in [4.69, 9.17) is 37.4 Å². The molecule has 2 aromatic carbocycles. The number of carbonyl (C=O) groups is 2. The van der Waals surface area contributed by atoms with Crippen molar-refractivity contribution in [2.45, 2.75) is 19.6 Å². The van der Waals surface area contributed by atoms with Crippen molar-refractivity contribution >= 4 is 35.1 Å². The van der Waals surface area contributed by atoms with Gasteiger partial charge >= 0.3 is 5.97 Å². The molecule has 0 aliphatic rings. The standard InChI is InChI=1S/C19H19Cl2NO5/c1-11(27-19(24)13-5-6-14(20)15(21)9-13)18(23)22-10-12-4-7-16(25-2)17(8-12)26-3/h4-9,11H,10H2,1-3H3,(H,22,23)/t11-/m1/s1. The van der Waals surface area contributed by atoms with Crippen LogP contribution in [0.2, 0.25) is 10.0 Å². The second kappa shape index (κ2) is 9.48. The zero-order chi connectivity index (χ0) is 20.0. The summed E-state index contributed by atoms with van der Waals surface area (Å²) < 4.78 is 15.6. The van der Waals surface area contributed by atoms with Gasteiger partial charge in [-0.15, -0.1) is 0 Å². The van der Waals surface area contributed by atoms with E-state index in [1.165, 1.54) is 32.2 Å². The monoisotopic (exact) mass is 411 g/mol. The average molecular weight is 412 g/mol. The molecular weight excluding hydrogens is 393 g/mol. The minimum absolute atomic E-state index is 0.212. The lowest BCUT2D eigenvalue weighted by Gasteiger charge is -2.14. The molecule has 27 heavy (non-hydrogen) atoms. The van der Waals surface area contributed by atoms with Crippen molar-refractivity contribution < 1.29 is 23.8 Å². The number of carbonyl (C=O) groups excluding carboxylic acids is 2. The summed E-state index contributed by atoms with van der Waals surface area (Å²) in [4.78, 5) is 24.3. The molecule has 0 heterocycles. The summed E-state index contributed by atoms with van der Waals surface area (Å²) >= 11 is 11.7. The molecule has 2 aromatic rings. The summed E-state index contributed by atoms with van der Waals surface area (Å²) in [5, 5.41) is 3.27. The van der Waals surface area contributed by atoms with Gasteiger partial charge < -0.3 is 19.5 Å². The molecule has 0 aromatic heterocycles. The van der Waals surface area contributed by atoms with Gasteiger partial charge in [0.15, 0.2) is 17.6 Å². The van der Waals surface area contributed by atoms with Crippen LogP contribution in [0.3, 0.4) is 0 Å². The molecule has 2 rings (SSSR count). The summed E-state index contributed by atoms with van der Waals surface area (Å²) in [5.41, 5.74) is 1.02. The highest BCUT2D eigenvalue weighted by atomic mass is 35.5. The average Bonchev–Trinajstić information content (AvgIpc) is 2.67. The number of rotatable bonds is 7. The summed E-state index contributed by atoms with van der Waals surface area (Å²) in [6, 6.07) is 9.65. The molecule has 144 valence electrons. The van der Waals surface area contributed by atoms with Gasteiger partial charge in [-0.1, -0.05) is 29.3 Å². The Balaban J connectivity index is 1.93. The van der Waals surface area contributed by atoms with Gasteiger partial charge in [0.05, 0.1) is 29.8 Å². The fraction of sp³-hybridized carbons (Fsp3) is 0.263. The fourth-order valence-corrected chi connectivity index (χ4v) is 2.53. The third kappa shape index (κ3) is 5.52. The van der Waals surface area contributed by atoms with E-state index in [1.54, 1.807) is 25.3 Å². The minimum atomic E-state index is -0.980. The minimum Gasteiger partial charge on any atom is -0.493 e. The molecule has 1 amide bonds. The maximum Gasteiger partial charge on any atom is 0.338 e. The number of hydrogen-bond donors (Lipinski definition) is 1. The first kappa shape index (κ1) is 20.9. The third-order valence-corrected chi connectivity index (χ3v) is 4.46. The van der Waals surface area contributed by atoms with Crippen molar-refractivity contribution in [3.05, 3.63) is 57.6 Å².